The molecule has 0 unspecified atom stereocenters. The molecule has 1 heterocycles. The number of aromatic nitrogens is 2. The molecule has 8 nitrogen and oxygen atoms in total. The van der Waals surface area contributed by atoms with Gasteiger partial charge in [-0.1, -0.05) is 25.5 Å². The number of carbonyl (C=O) groups excluding carboxylic acids is 1. The van der Waals surface area contributed by atoms with Gasteiger partial charge in [-0.15, -0.1) is 0 Å². The number of nitrogens with zero attached hydrogens (tertiary/aromatic N) is 2. The summed E-state index contributed by atoms with van der Waals surface area (Å²) in [6, 6.07) is 21.4. The van der Waals surface area contributed by atoms with Gasteiger partial charge in [-0.25, -0.2) is 10.4 Å². The fraction of sp³-hybridized carbons (Fsp3) is 0.154. The molecule has 0 atom stereocenters. The second-order valence-corrected chi connectivity index (χ2v) is 7.60. The minimum absolute atomic E-state index is 0.222. The molecule has 0 aliphatic rings. The lowest BCUT2D eigenvalue weighted by Crippen LogP contribution is -2.17. The van der Waals surface area contributed by atoms with Gasteiger partial charge in [-0.2, -0.15) is 5.10 Å². The molecule has 1 aromatic heterocycles. The molecular weight excluding hydrogens is 430 g/mol. The molecule has 0 aliphatic carbocycles. The van der Waals surface area contributed by atoms with Crippen molar-refractivity contribution in [2.75, 3.05) is 11.9 Å². The molecule has 0 bridgehead atoms. The monoisotopic (exact) mass is 455 g/mol. The van der Waals surface area contributed by atoms with Crippen molar-refractivity contribution < 1.29 is 9.53 Å². The molecule has 4 rings (SSSR count). The number of fused-ring (bicyclic) bond motifs is 1. The van der Waals surface area contributed by atoms with Crippen LogP contribution in [0.15, 0.2) is 82.7 Å². The third-order valence-corrected chi connectivity index (χ3v) is 5.05. The van der Waals surface area contributed by atoms with E-state index in [2.05, 4.69) is 32.7 Å². The van der Waals surface area contributed by atoms with Crippen LogP contribution in [-0.2, 0) is 0 Å². The molecule has 0 saturated heterocycles. The van der Waals surface area contributed by atoms with E-state index in [-0.39, 0.29) is 11.5 Å². The van der Waals surface area contributed by atoms with Crippen molar-refractivity contribution >= 4 is 34.7 Å². The number of aromatic amines is 1. The van der Waals surface area contributed by atoms with Crippen molar-refractivity contribution in [3.05, 3.63) is 94.3 Å². The lowest BCUT2D eigenvalue weighted by molar-refractivity contribution is 0.0955. The normalized spacial score (nSPS) is 11.0. The number of H-pyrrole nitrogens is 1. The highest BCUT2D eigenvalue weighted by Gasteiger charge is 2.06. The summed E-state index contributed by atoms with van der Waals surface area (Å²) in [6.07, 6.45) is 3.68. The van der Waals surface area contributed by atoms with E-state index in [9.17, 15) is 9.59 Å². The van der Waals surface area contributed by atoms with Crippen LogP contribution in [0.1, 0.15) is 35.7 Å². The number of unbranched alkanes of at least 4 members (excludes halogenated alkanes) is 1. The summed E-state index contributed by atoms with van der Waals surface area (Å²) in [4.78, 5) is 31.7. The van der Waals surface area contributed by atoms with Crippen LogP contribution in [0.2, 0.25) is 0 Å². The van der Waals surface area contributed by atoms with Gasteiger partial charge in [0.25, 0.3) is 11.5 Å². The van der Waals surface area contributed by atoms with Crippen LogP contribution in [0.4, 0.5) is 11.6 Å². The Morgan fingerprint density at radius 3 is 2.59 bits per heavy atom. The van der Waals surface area contributed by atoms with Gasteiger partial charge in [0.15, 0.2) is 0 Å². The standard InChI is InChI=1S/C26H25N5O3/c1-2-3-16-34-21-14-8-18(9-15-21)17-27-31-24(32)19-10-12-20(13-11-19)28-26-29-23-7-5-4-6-22(23)25(33)30-26/h4-15,17H,2-3,16H2,1H3,(H,31,32)(H2,28,29,30,33)/b27-17-. The number of anilines is 2. The van der Waals surface area contributed by atoms with Crippen molar-refractivity contribution in [1.82, 2.24) is 15.4 Å². The summed E-state index contributed by atoms with van der Waals surface area (Å²) < 4.78 is 5.63. The largest absolute Gasteiger partial charge is 0.494 e. The maximum Gasteiger partial charge on any atom is 0.271 e. The first kappa shape index (κ1) is 22.7. The van der Waals surface area contributed by atoms with E-state index < -0.39 is 0 Å². The SMILES string of the molecule is CCCCOc1ccc(/C=N\NC(=O)c2ccc(Nc3nc4ccccc4c(=O)[nH]3)cc2)cc1. The average Bonchev–Trinajstić information content (AvgIpc) is 2.85. The molecule has 0 aliphatic heterocycles. The molecule has 34 heavy (non-hydrogen) atoms. The number of hydrogen-bond donors (Lipinski definition) is 3. The summed E-state index contributed by atoms with van der Waals surface area (Å²) in [6.45, 7) is 2.82. The zero-order chi connectivity index (χ0) is 23.8. The molecule has 3 N–H and O–H groups in total. The lowest BCUT2D eigenvalue weighted by Gasteiger charge is -2.07. The molecule has 0 saturated carbocycles. The number of hydrogen-bond acceptors (Lipinski definition) is 6. The third-order valence-electron chi connectivity index (χ3n) is 5.05. The maximum atomic E-state index is 12.4. The highest BCUT2D eigenvalue weighted by molar-refractivity contribution is 5.95. The predicted molar refractivity (Wildman–Crippen MR) is 134 cm³/mol. The van der Waals surface area contributed by atoms with Gasteiger partial charge in [0, 0.05) is 11.3 Å². The highest BCUT2D eigenvalue weighted by atomic mass is 16.5. The molecule has 0 radical (unpaired) electrons. The number of hydrazone groups is 1. The van der Waals surface area contributed by atoms with Crippen molar-refractivity contribution in [1.29, 1.82) is 0 Å². The van der Waals surface area contributed by atoms with E-state index in [1.807, 2.05) is 30.3 Å². The van der Waals surface area contributed by atoms with Crippen molar-refractivity contribution in [2.45, 2.75) is 19.8 Å². The van der Waals surface area contributed by atoms with Crippen molar-refractivity contribution in [3.63, 3.8) is 0 Å². The summed E-state index contributed by atoms with van der Waals surface area (Å²) in [5.74, 6) is 0.804. The number of benzene rings is 3. The Hall–Kier alpha value is -4.46. The predicted octanol–water partition coefficient (Wildman–Crippen LogP) is 4.61. The van der Waals surface area contributed by atoms with Gasteiger partial charge in [0.2, 0.25) is 5.95 Å². The van der Waals surface area contributed by atoms with Crippen LogP contribution in [0.5, 0.6) is 5.75 Å². The van der Waals surface area contributed by atoms with Crippen molar-refractivity contribution in [2.24, 2.45) is 5.10 Å². The summed E-state index contributed by atoms with van der Waals surface area (Å²) in [5, 5.41) is 7.60. The number of rotatable bonds is 9. The molecule has 172 valence electrons. The summed E-state index contributed by atoms with van der Waals surface area (Å²) in [5.41, 5.74) is 4.87. The van der Waals surface area contributed by atoms with E-state index in [1.54, 1.807) is 48.7 Å². The van der Waals surface area contributed by atoms with Crippen LogP contribution >= 0.6 is 0 Å². The number of ether oxygens (including phenoxy) is 1. The first-order valence-corrected chi connectivity index (χ1v) is 11.0. The Labute approximate surface area is 196 Å². The van der Waals surface area contributed by atoms with Gasteiger partial charge in [-0.05, 0) is 72.6 Å². The van der Waals surface area contributed by atoms with Gasteiger partial charge in [0.05, 0.1) is 23.7 Å². The van der Waals surface area contributed by atoms with E-state index in [4.69, 9.17) is 4.74 Å². The van der Waals surface area contributed by atoms with Crippen molar-refractivity contribution in [3.8, 4) is 5.75 Å². The second kappa shape index (κ2) is 10.9. The topological polar surface area (TPSA) is 108 Å². The van der Waals surface area contributed by atoms with Crippen LogP contribution in [0.3, 0.4) is 0 Å². The Morgan fingerprint density at radius 2 is 1.82 bits per heavy atom. The average molecular weight is 456 g/mol. The Bertz CT molecular complexity index is 1350. The van der Waals surface area contributed by atoms with Crippen LogP contribution < -0.4 is 21.0 Å². The van der Waals surface area contributed by atoms with E-state index in [1.165, 1.54) is 0 Å². The quantitative estimate of drug-likeness (QED) is 0.194. The molecule has 0 spiro atoms. The van der Waals surface area contributed by atoms with Gasteiger partial charge < -0.3 is 10.1 Å². The Morgan fingerprint density at radius 1 is 1.06 bits per heavy atom. The minimum atomic E-state index is -0.334. The molecule has 8 heteroatoms. The highest BCUT2D eigenvalue weighted by Crippen LogP contribution is 2.15. The lowest BCUT2D eigenvalue weighted by atomic mass is 10.2. The fourth-order valence-electron chi connectivity index (χ4n) is 3.20. The maximum absolute atomic E-state index is 12.4. The van der Waals surface area contributed by atoms with Crippen LogP contribution in [0, 0.1) is 0 Å². The first-order valence-electron chi connectivity index (χ1n) is 11.0. The molecule has 4 aromatic rings. The minimum Gasteiger partial charge on any atom is -0.494 e. The first-order chi connectivity index (χ1) is 16.6. The Balaban J connectivity index is 1.33. The molecular formula is C26H25N5O3. The number of para-hydroxylation sites is 1. The summed E-state index contributed by atoms with van der Waals surface area (Å²) >= 11 is 0. The van der Waals surface area contributed by atoms with Crippen LogP contribution in [0.25, 0.3) is 10.9 Å². The van der Waals surface area contributed by atoms with Gasteiger partial charge in [0.1, 0.15) is 5.75 Å². The van der Waals surface area contributed by atoms with E-state index in [0.29, 0.717) is 34.7 Å². The Kier molecular flexibility index (Phi) is 7.29. The van der Waals surface area contributed by atoms with Crippen LogP contribution in [-0.4, -0.2) is 28.7 Å². The summed E-state index contributed by atoms with van der Waals surface area (Å²) in [7, 11) is 0. The van der Waals surface area contributed by atoms with E-state index >= 15 is 0 Å². The molecule has 1 amide bonds. The zero-order valence-electron chi connectivity index (χ0n) is 18.7. The fourth-order valence-corrected chi connectivity index (χ4v) is 3.20. The van der Waals surface area contributed by atoms with Gasteiger partial charge in [-0.3, -0.25) is 14.6 Å². The number of nitrogens with one attached hydrogen (secondary N) is 3. The third kappa shape index (κ3) is 5.86. The smallest absolute Gasteiger partial charge is 0.271 e. The van der Waals surface area contributed by atoms with Gasteiger partial charge >= 0.3 is 0 Å². The molecule has 3 aromatic carbocycles. The van der Waals surface area contributed by atoms with E-state index in [0.717, 1.165) is 24.2 Å². The zero-order valence-corrected chi connectivity index (χ0v) is 18.7. The molecule has 0 fully saturated rings. The number of amides is 1. The number of carbonyl (C=O) groups is 1. The second-order valence-electron chi connectivity index (χ2n) is 7.60.